The molecular formula is C30H37N3O5. The molecule has 5 rings (SSSR count). The van der Waals surface area contributed by atoms with Crippen LogP contribution in [0.3, 0.4) is 0 Å². The third kappa shape index (κ3) is 5.33. The van der Waals surface area contributed by atoms with Gasteiger partial charge in [-0.05, 0) is 69.9 Å². The standard InChI is InChI=1S/C30H37N3O5/c1-19-20(14-32-17-29(2,3)38-30(4,5)18-32)8-6-9-21(19)16-37-25-11-7-10-22-23(25)15-33(28(22)36)24-12-13-26(34)31-27(24)35/h6-11,24H,12-18H2,1-5H3,(H,31,34,35)/t24-/m1/s1. The number of nitrogens with zero attached hydrogens (tertiary/aromatic N) is 2. The molecule has 0 aliphatic carbocycles. The van der Waals surface area contributed by atoms with Gasteiger partial charge in [0.1, 0.15) is 18.4 Å². The van der Waals surface area contributed by atoms with Crippen molar-refractivity contribution in [1.82, 2.24) is 15.1 Å². The predicted octanol–water partition coefficient (Wildman–Crippen LogP) is 3.72. The van der Waals surface area contributed by atoms with Crippen LogP contribution in [-0.4, -0.2) is 57.9 Å². The molecule has 1 N–H and O–H groups in total. The Morgan fingerprint density at radius 1 is 1.00 bits per heavy atom. The molecule has 0 aromatic heterocycles. The number of nitrogens with one attached hydrogen (secondary N) is 1. The fourth-order valence-corrected chi connectivity index (χ4v) is 6.21. The molecule has 1 atom stereocenters. The molecule has 0 spiro atoms. The van der Waals surface area contributed by atoms with Crippen molar-refractivity contribution in [3.8, 4) is 5.75 Å². The zero-order valence-corrected chi connectivity index (χ0v) is 22.9. The fraction of sp³-hybridized carbons (Fsp3) is 0.500. The highest BCUT2D eigenvalue weighted by Crippen LogP contribution is 2.34. The maximum atomic E-state index is 13.1. The second kappa shape index (κ2) is 9.82. The summed E-state index contributed by atoms with van der Waals surface area (Å²) in [5.74, 6) is -0.260. The number of carbonyl (C=O) groups is 3. The molecule has 2 aromatic carbocycles. The minimum absolute atomic E-state index is 0.200. The van der Waals surface area contributed by atoms with Crippen molar-refractivity contribution in [2.45, 2.75) is 84.4 Å². The Morgan fingerprint density at radius 2 is 1.68 bits per heavy atom. The lowest BCUT2D eigenvalue weighted by Gasteiger charge is -2.47. The van der Waals surface area contributed by atoms with Crippen LogP contribution in [-0.2, 0) is 34.0 Å². The van der Waals surface area contributed by atoms with Crippen molar-refractivity contribution < 1.29 is 23.9 Å². The Hall–Kier alpha value is -3.23. The van der Waals surface area contributed by atoms with E-state index in [0.29, 0.717) is 24.3 Å². The third-order valence-electron chi connectivity index (χ3n) is 7.64. The topological polar surface area (TPSA) is 88.2 Å². The van der Waals surface area contributed by atoms with Crippen molar-refractivity contribution in [2.75, 3.05) is 13.1 Å². The Balaban J connectivity index is 1.29. The number of fused-ring (bicyclic) bond motifs is 1. The Morgan fingerprint density at radius 3 is 2.39 bits per heavy atom. The number of benzene rings is 2. The summed E-state index contributed by atoms with van der Waals surface area (Å²) in [6.45, 7) is 13.9. The van der Waals surface area contributed by atoms with Crippen LogP contribution in [0, 0.1) is 6.92 Å². The molecule has 8 heteroatoms. The average molecular weight is 520 g/mol. The smallest absolute Gasteiger partial charge is 0.255 e. The van der Waals surface area contributed by atoms with Gasteiger partial charge in [0.25, 0.3) is 5.91 Å². The van der Waals surface area contributed by atoms with Crippen LogP contribution in [0.1, 0.15) is 73.1 Å². The zero-order chi connectivity index (χ0) is 27.2. The summed E-state index contributed by atoms with van der Waals surface area (Å²) < 4.78 is 12.5. The van der Waals surface area contributed by atoms with Crippen molar-refractivity contribution in [3.05, 3.63) is 64.2 Å². The number of amides is 3. The summed E-state index contributed by atoms with van der Waals surface area (Å²) in [5.41, 5.74) is 4.48. The first-order valence-corrected chi connectivity index (χ1v) is 13.3. The van der Waals surface area contributed by atoms with Gasteiger partial charge in [0, 0.05) is 37.2 Å². The maximum Gasteiger partial charge on any atom is 0.255 e. The summed E-state index contributed by atoms with van der Waals surface area (Å²) in [7, 11) is 0. The number of imide groups is 1. The van der Waals surface area contributed by atoms with Gasteiger partial charge >= 0.3 is 0 Å². The number of hydrogen-bond acceptors (Lipinski definition) is 6. The third-order valence-corrected chi connectivity index (χ3v) is 7.64. The van der Waals surface area contributed by atoms with E-state index >= 15 is 0 Å². The predicted molar refractivity (Wildman–Crippen MR) is 143 cm³/mol. The highest BCUT2D eigenvalue weighted by Gasteiger charge is 2.40. The first-order chi connectivity index (χ1) is 17.9. The number of carbonyl (C=O) groups excluding carboxylic acids is 3. The van der Waals surface area contributed by atoms with E-state index in [2.05, 4.69) is 63.0 Å². The van der Waals surface area contributed by atoms with Crippen LogP contribution in [0.15, 0.2) is 36.4 Å². The normalized spacial score (nSPS) is 22.8. The molecule has 0 bridgehead atoms. The zero-order valence-electron chi connectivity index (χ0n) is 22.9. The fourth-order valence-electron chi connectivity index (χ4n) is 6.21. The van der Waals surface area contributed by atoms with Crippen LogP contribution >= 0.6 is 0 Å². The molecule has 0 unspecified atom stereocenters. The van der Waals surface area contributed by atoms with E-state index in [4.69, 9.17) is 9.47 Å². The minimum atomic E-state index is -0.644. The van der Waals surface area contributed by atoms with Gasteiger partial charge < -0.3 is 14.4 Å². The van der Waals surface area contributed by atoms with Crippen molar-refractivity contribution in [3.63, 3.8) is 0 Å². The van der Waals surface area contributed by atoms with Crippen LogP contribution in [0.5, 0.6) is 5.75 Å². The highest BCUT2D eigenvalue weighted by atomic mass is 16.5. The van der Waals surface area contributed by atoms with E-state index < -0.39 is 11.9 Å². The van der Waals surface area contributed by atoms with E-state index in [1.807, 2.05) is 12.1 Å². The molecule has 3 heterocycles. The summed E-state index contributed by atoms with van der Waals surface area (Å²) in [5, 5.41) is 2.35. The van der Waals surface area contributed by atoms with Crippen LogP contribution < -0.4 is 10.1 Å². The molecule has 3 aliphatic heterocycles. The van der Waals surface area contributed by atoms with Gasteiger partial charge in [0.15, 0.2) is 0 Å². The van der Waals surface area contributed by atoms with Gasteiger partial charge in [-0.25, -0.2) is 0 Å². The molecule has 2 saturated heterocycles. The van der Waals surface area contributed by atoms with Gasteiger partial charge in [-0.1, -0.05) is 24.3 Å². The maximum absolute atomic E-state index is 13.1. The highest BCUT2D eigenvalue weighted by molar-refractivity contribution is 6.05. The monoisotopic (exact) mass is 519 g/mol. The van der Waals surface area contributed by atoms with Crippen LogP contribution in [0.25, 0.3) is 0 Å². The largest absolute Gasteiger partial charge is 0.489 e. The molecule has 3 amide bonds. The van der Waals surface area contributed by atoms with Gasteiger partial charge in [-0.2, -0.15) is 0 Å². The first-order valence-electron chi connectivity index (χ1n) is 13.3. The number of piperidine rings is 1. The average Bonchev–Trinajstić information content (AvgIpc) is 3.14. The first kappa shape index (κ1) is 26.4. The molecule has 38 heavy (non-hydrogen) atoms. The van der Waals surface area contributed by atoms with Crippen LogP contribution in [0.2, 0.25) is 0 Å². The molecule has 2 aromatic rings. The van der Waals surface area contributed by atoms with E-state index in [1.54, 1.807) is 11.0 Å². The Bertz CT molecular complexity index is 1270. The summed E-state index contributed by atoms with van der Waals surface area (Å²) in [6, 6.07) is 11.1. The second-order valence-corrected chi connectivity index (χ2v) is 11.9. The van der Waals surface area contributed by atoms with E-state index in [-0.39, 0.29) is 36.0 Å². The lowest BCUT2D eigenvalue weighted by Crippen LogP contribution is -2.56. The van der Waals surface area contributed by atoms with Gasteiger partial charge in [0.2, 0.25) is 11.8 Å². The lowest BCUT2D eigenvalue weighted by molar-refractivity contribution is -0.182. The van der Waals surface area contributed by atoms with Crippen LogP contribution in [0.4, 0.5) is 0 Å². The van der Waals surface area contributed by atoms with Crippen molar-refractivity contribution in [2.24, 2.45) is 0 Å². The minimum Gasteiger partial charge on any atom is -0.489 e. The molecule has 2 fully saturated rings. The van der Waals surface area contributed by atoms with E-state index in [0.717, 1.165) is 30.8 Å². The van der Waals surface area contributed by atoms with Gasteiger partial charge in [-0.15, -0.1) is 0 Å². The van der Waals surface area contributed by atoms with Crippen molar-refractivity contribution >= 4 is 17.7 Å². The second-order valence-electron chi connectivity index (χ2n) is 11.9. The molecule has 8 nitrogen and oxygen atoms in total. The molecule has 0 saturated carbocycles. The van der Waals surface area contributed by atoms with E-state index in [9.17, 15) is 14.4 Å². The summed E-state index contributed by atoms with van der Waals surface area (Å²) >= 11 is 0. The number of ether oxygens (including phenoxy) is 2. The summed E-state index contributed by atoms with van der Waals surface area (Å²) in [6.07, 6.45) is 0.568. The van der Waals surface area contributed by atoms with Gasteiger partial charge in [0.05, 0.1) is 17.7 Å². The molecule has 0 radical (unpaired) electrons. The molecule has 3 aliphatic rings. The number of rotatable bonds is 6. The Labute approximate surface area is 224 Å². The Kier molecular flexibility index (Phi) is 6.82. The quantitative estimate of drug-likeness (QED) is 0.586. The number of hydrogen-bond donors (Lipinski definition) is 1. The van der Waals surface area contributed by atoms with Crippen molar-refractivity contribution in [1.29, 1.82) is 0 Å². The lowest BCUT2D eigenvalue weighted by atomic mass is 9.97. The molecular weight excluding hydrogens is 482 g/mol. The summed E-state index contributed by atoms with van der Waals surface area (Å²) in [4.78, 5) is 41.1. The SMILES string of the molecule is Cc1c(COc2cccc3c2CN([C@@H]2CCC(=O)NC2=O)C3=O)cccc1CN1CC(C)(C)OC(C)(C)C1. The number of morpholine rings is 1. The van der Waals surface area contributed by atoms with Gasteiger partial charge in [-0.3, -0.25) is 24.6 Å². The molecule has 202 valence electrons. The van der Waals surface area contributed by atoms with E-state index in [1.165, 1.54) is 11.1 Å².